The molecule has 1 N–H and O–H groups in total. The number of nitrogens with one attached hydrogen (secondary N) is 1. The summed E-state index contributed by atoms with van der Waals surface area (Å²) in [6.45, 7) is 16.2. The van der Waals surface area contributed by atoms with E-state index in [2.05, 4.69) is 33.0 Å². The van der Waals surface area contributed by atoms with Gasteiger partial charge in [0.1, 0.15) is 12.4 Å². The number of hydrogen-bond donors (Lipinski definition) is 1. The molecule has 1 aromatic heterocycles. The van der Waals surface area contributed by atoms with Gasteiger partial charge in [-0.1, -0.05) is 53.7 Å². The molecule has 0 saturated heterocycles. The SMILES string of the molecule is CCC(CC)C(=O)NC(C)c1nc2ccccc2n1CC(=O)N(CC(C)C)CC(C)C. The van der Waals surface area contributed by atoms with Crippen LogP contribution in [0.2, 0.25) is 0 Å². The Morgan fingerprint density at radius 1 is 1.00 bits per heavy atom. The average Bonchev–Trinajstić information content (AvgIpc) is 3.06. The van der Waals surface area contributed by atoms with Crippen LogP contribution < -0.4 is 5.32 Å². The molecule has 0 aliphatic rings. The Balaban J connectivity index is 2.35. The van der Waals surface area contributed by atoms with Gasteiger partial charge < -0.3 is 14.8 Å². The fourth-order valence-electron chi connectivity index (χ4n) is 4.04. The number of aromatic nitrogens is 2. The number of rotatable bonds is 11. The van der Waals surface area contributed by atoms with Crippen LogP contribution in [0, 0.1) is 17.8 Å². The van der Waals surface area contributed by atoms with Gasteiger partial charge in [0.25, 0.3) is 0 Å². The minimum Gasteiger partial charge on any atom is -0.346 e. The lowest BCUT2D eigenvalue weighted by Crippen LogP contribution is -2.40. The van der Waals surface area contributed by atoms with E-state index in [0.29, 0.717) is 11.8 Å². The Bertz CT molecular complexity index is 858. The van der Waals surface area contributed by atoms with Crippen molar-refractivity contribution < 1.29 is 9.59 Å². The maximum Gasteiger partial charge on any atom is 0.242 e. The van der Waals surface area contributed by atoms with Crippen LogP contribution in [0.15, 0.2) is 24.3 Å². The third-order valence-electron chi connectivity index (χ3n) is 5.60. The van der Waals surface area contributed by atoms with Gasteiger partial charge in [-0.05, 0) is 43.7 Å². The zero-order chi connectivity index (χ0) is 23.1. The van der Waals surface area contributed by atoms with Crippen LogP contribution in [-0.4, -0.2) is 39.4 Å². The van der Waals surface area contributed by atoms with Crippen molar-refractivity contribution in [3.05, 3.63) is 30.1 Å². The topological polar surface area (TPSA) is 67.2 Å². The smallest absolute Gasteiger partial charge is 0.242 e. The minimum atomic E-state index is -0.281. The normalized spacial score (nSPS) is 12.7. The largest absolute Gasteiger partial charge is 0.346 e. The third-order valence-corrected chi connectivity index (χ3v) is 5.60. The monoisotopic (exact) mass is 428 g/mol. The molecule has 0 fully saturated rings. The molecule has 1 aromatic carbocycles. The van der Waals surface area contributed by atoms with Gasteiger partial charge in [0.2, 0.25) is 11.8 Å². The number of nitrogens with zero attached hydrogens (tertiary/aromatic N) is 3. The zero-order valence-corrected chi connectivity index (χ0v) is 20.3. The second-order valence-corrected chi connectivity index (χ2v) is 9.37. The summed E-state index contributed by atoms with van der Waals surface area (Å²) in [5.41, 5.74) is 1.76. The Morgan fingerprint density at radius 2 is 1.58 bits per heavy atom. The highest BCUT2D eigenvalue weighted by Crippen LogP contribution is 2.22. The molecule has 0 radical (unpaired) electrons. The van der Waals surface area contributed by atoms with Crippen LogP contribution >= 0.6 is 0 Å². The van der Waals surface area contributed by atoms with E-state index < -0.39 is 0 Å². The number of carbonyl (C=O) groups excluding carboxylic acids is 2. The lowest BCUT2D eigenvalue weighted by Gasteiger charge is -2.27. The first-order chi connectivity index (χ1) is 14.7. The summed E-state index contributed by atoms with van der Waals surface area (Å²) in [4.78, 5) is 32.7. The lowest BCUT2D eigenvalue weighted by atomic mass is 10.0. The van der Waals surface area contributed by atoms with Gasteiger partial charge in [-0.15, -0.1) is 0 Å². The summed E-state index contributed by atoms with van der Waals surface area (Å²) in [6, 6.07) is 7.57. The average molecular weight is 429 g/mol. The van der Waals surface area contributed by atoms with Crippen molar-refractivity contribution in [3.8, 4) is 0 Å². The van der Waals surface area contributed by atoms with E-state index in [9.17, 15) is 9.59 Å². The second-order valence-electron chi connectivity index (χ2n) is 9.37. The van der Waals surface area contributed by atoms with E-state index in [1.165, 1.54) is 0 Å². The molecule has 1 atom stereocenters. The Kier molecular flexibility index (Phi) is 9.08. The molecule has 0 aliphatic heterocycles. The van der Waals surface area contributed by atoms with Gasteiger partial charge in [-0.2, -0.15) is 0 Å². The highest BCUT2D eigenvalue weighted by Gasteiger charge is 2.24. The summed E-state index contributed by atoms with van der Waals surface area (Å²) >= 11 is 0. The van der Waals surface area contributed by atoms with Crippen LogP contribution in [0.4, 0.5) is 0 Å². The molecule has 2 rings (SSSR count). The van der Waals surface area contributed by atoms with E-state index in [4.69, 9.17) is 4.98 Å². The summed E-state index contributed by atoms with van der Waals surface area (Å²) in [5.74, 6) is 1.66. The molecule has 1 heterocycles. The first-order valence-corrected chi connectivity index (χ1v) is 11.7. The van der Waals surface area contributed by atoms with E-state index >= 15 is 0 Å². The Hall–Kier alpha value is -2.37. The van der Waals surface area contributed by atoms with E-state index in [-0.39, 0.29) is 30.3 Å². The molecule has 6 heteroatoms. The molecule has 2 amide bonds. The fraction of sp³-hybridized carbons (Fsp3) is 0.640. The number of hydrogen-bond acceptors (Lipinski definition) is 3. The minimum absolute atomic E-state index is 0.00511. The number of para-hydroxylation sites is 2. The number of fused-ring (bicyclic) bond motifs is 1. The molecule has 172 valence electrons. The summed E-state index contributed by atoms with van der Waals surface area (Å²) in [6.07, 6.45) is 1.62. The number of imidazole rings is 1. The Morgan fingerprint density at radius 3 is 2.13 bits per heavy atom. The lowest BCUT2D eigenvalue weighted by molar-refractivity contribution is -0.132. The number of amides is 2. The number of benzene rings is 1. The van der Waals surface area contributed by atoms with E-state index in [0.717, 1.165) is 42.8 Å². The predicted molar refractivity (Wildman–Crippen MR) is 127 cm³/mol. The highest BCUT2D eigenvalue weighted by atomic mass is 16.2. The molecule has 1 unspecified atom stereocenters. The first kappa shape index (κ1) is 24.9. The molecule has 2 aromatic rings. The number of carbonyl (C=O) groups is 2. The van der Waals surface area contributed by atoms with E-state index in [1.54, 1.807) is 0 Å². The molecule has 31 heavy (non-hydrogen) atoms. The van der Waals surface area contributed by atoms with E-state index in [1.807, 2.05) is 54.5 Å². The van der Waals surface area contributed by atoms with Crippen molar-refractivity contribution in [2.75, 3.05) is 13.1 Å². The van der Waals surface area contributed by atoms with Crippen LogP contribution in [0.5, 0.6) is 0 Å². The molecular weight excluding hydrogens is 388 g/mol. The summed E-state index contributed by atoms with van der Waals surface area (Å²) in [5, 5.41) is 3.12. The first-order valence-electron chi connectivity index (χ1n) is 11.7. The van der Waals surface area contributed by atoms with Crippen molar-refractivity contribution in [1.82, 2.24) is 19.8 Å². The molecular formula is C25H40N4O2. The van der Waals surface area contributed by atoms with Crippen LogP contribution in [0.25, 0.3) is 11.0 Å². The van der Waals surface area contributed by atoms with Crippen molar-refractivity contribution in [2.45, 2.75) is 73.9 Å². The van der Waals surface area contributed by atoms with Gasteiger partial charge in [0.15, 0.2) is 0 Å². The molecule has 0 bridgehead atoms. The molecule has 0 saturated carbocycles. The van der Waals surface area contributed by atoms with Crippen molar-refractivity contribution in [1.29, 1.82) is 0 Å². The zero-order valence-electron chi connectivity index (χ0n) is 20.3. The maximum absolute atomic E-state index is 13.3. The van der Waals surface area contributed by atoms with Gasteiger partial charge in [0.05, 0.1) is 17.1 Å². The maximum atomic E-state index is 13.3. The van der Waals surface area contributed by atoms with Gasteiger partial charge in [0, 0.05) is 19.0 Å². The van der Waals surface area contributed by atoms with Gasteiger partial charge in [-0.25, -0.2) is 4.98 Å². The van der Waals surface area contributed by atoms with Crippen LogP contribution in [0.3, 0.4) is 0 Å². The Labute approximate surface area is 187 Å². The molecule has 0 spiro atoms. The quantitative estimate of drug-likeness (QED) is 0.559. The van der Waals surface area contributed by atoms with Crippen molar-refractivity contribution in [2.24, 2.45) is 17.8 Å². The van der Waals surface area contributed by atoms with Crippen LogP contribution in [0.1, 0.15) is 73.2 Å². The van der Waals surface area contributed by atoms with Gasteiger partial charge >= 0.3 is 0 Å². The highest BCUT2D eigenvalue weighted by molar-refractivity contribution is 5.82. The predicted octanol–water partition coefficient (Wildman–Crippen LogP) is 4.79. The standard InChI is InChI=1S/C25H40N4O2/c1-8-20(9-2)25(31)26-19(7)24-27-21-12-10-11-13-22(21)29(24)16-23(30)28(14-17(3)4)15-18(5)6/h10-13,17-20H,8-9,14-16H2,1-7H3,(H,26,31). The third kappa shape index (κ3) is 6.55. The molecule has 0 aliphatic carbocycles. The summed E-state index contributed by atoms with van der Waals surface area (Å²) < 4.78 is 1.98. The fourth-order valence-corrected chi connectivity index (χ4v) is 4.04. The van der Waals surface area contributed by atoms with Crippen LogP contribution in [-0.2, 0) is 16.1 Å². The van der Waals surface area contributed by atoms with Crippen molar-refractivity contribution >= 4 is 22.8 Å². The molecule has 6 nitrogen and oxygen atoms in total. The summed E-state index contributed by atoms with van der Waals surface area (Å²) in [7, 11) is 0. The second kappa shape index (κ2) is 11.3. The van der Waals surface area contributed by atoms with Crippen molar-refractivity contribution in [3.63, 3.8) is 0 Å². The van der Waals surface area contributed by atoms with Gasteiger partial charge in [-0.3, -0.25) is 9.59 Å².